The summed E-state index contributed by atoms with van der Waals surface area (Å²) in [7, 11) is 1.61. The Labute approximate surface area is 111 Å². The molecular weight excluding hydrogens is 250 g/mol. The second-order valence-corrected chi connectivity index (χ2v) is 4.32. The zero-order chi connectivity index (χ0) is 14.4. The first kappa shape index (κ1) is 15.3. The van der Waals surface area contributed by atoms with Crippen LogP contribution in [0.4, 0.5) is 5.69 Å². The number of nitrogens with one attached hydrogen (secondary N) is 1. The minimum Gasteiger partial charge on any atom is -0.383 e. The monoisotopic (exact) mass is 269 g/mol. The quantitative estimate of drug-likeness (QED) is 0.438. The van der Waals surface area contributed by atoms with Crippen LogP contribution in [0.1, 0.15) is 24.3 Å². The van der Waals surface area contributed by atoms with Crippen LogP contribution in [0.5, 0.6) is 0 Å². The lowest BCUT2D eigenvalue weighted by Gasteiger charge is -2.26. The minimum absolute atomic E-state index is 0.101. The van der Waals surface area contributed by atoms with Crippen molar-refractivity contribution in [2.24, 2.45) is 0 Å². The predicted molar refractivity (Wildman–Crippen MR) is 70.4 cm³/mol. The van der Waals surface area contributed by atoms with Crippen LogP contribution in [-0.4, -0.2) is 53.4 Å². The fourth-order valence-electron chi connectivity index (χ4n) is 1.84. The van der Waals surface area contributed by atoms with Crippen molar-refractivity contribution in [3.8, 4) is 0 Å². The van der Waals surface area contributed by atoms with Gasteiger partial charge in [0.1, 0.15) is 0 Å². The van der Waals surface area contributed by atoms with E-state index < -0.39 is 4.92 Å². The summed E-state index contributed by atoms with van der Waals surface area (Å²) in [6.07, 6.45) is 1.22. The molecule has 19 heavy (non-hydrogen) atoms. The average Bonchev–Trinajstić information content (AvgIpc) is 2.85. The number of carbonyl (C=O) groups excluding carboxylic acids is 1. The molecule has 1 heterocycles. The van der Waals surface area contributed by atoms with Gasteiger partial charge in [-0.15, -0.1) is 0 Å². The number of aromatic amines is 1. The van der Waals surface area contributed by atoms with E-state index in [1.165, 1.54) is 12.3 Å². The molecule has 0 fully saturated rings. The Morgan fingerprint density at radius 1 is 1.63 bits per heavy atom. The number of methoxy groups -OCH3 is 1. The normalized spacial score (nSPS) is 12.6. The molecule has 0 amide bonds. The molecule has 0 saturated carbocycles. The van der Waals surface area contributed by atoms with Crippen LogP contribution in [0, 0.1) is 10.1 Å². The van der Waals surface area contributed by atoms with Crippen molar-refractivity contribution in [3.05, 3.63) is 28.1 Å². The lowest BCUT2D eigenvalue weighted by Crippen LogP contribution is -2.39. The number of ether oxygens (including phenoxy) is 1. The highest BCUT2D eigenvalue weighted by Gasteiger charge is 2.19. The molecule has 0 aliphatic rings. The van der Waals surface area contributed by atoms with Gasteiger partial charge in [-0.25, -0.2) is 0 Å². The van der Waals surface area contributed by atoms with Crippen LogP contribution in [0.3, 0.4) is 0 Å². The average molecular weight is 269 g/mol. The Kier molecular flexibility index (Phi) is 5.65. The maximum Gasteiger partial charge on any atom is 0.287 e. The first-order valence-corrected chi connectivity index (χ1v) is 6.08. The highest BCUT2D eigenvalue weighted by atomic mass is 16.6. The van der Waals surface area contributed by atoms with Gasteiger partial charge in [-0.05, 0) is 13.5 Å². The van der Waals surface area contributed by atoms with Crippen LogP contribution in [0.25, 0.3) is 0 Å². The maximum absolute atomic E-state index is 12.0. The van der Waals surface area contributed by atoms with E-state index in [1.807, 2.05) is 18.7 Å². The molecule has 1 unspecified atom stereocenters. The molecule has 7 nitrogen and oxygen atoms in total. The molecule has 7 heteroatoms. The standard InChI is InChI=1S/C12H19N3O4/c1-4-14(9(2)8-19-3)7-12(16)11-5-10(6-13-11)15(17)18/h5-6,9,13H,4,7-8H2,1-3H3. The number of Topliss-reactive ketones (excluding diaryl/α,β-unsaturated/α-hetero) is 1. The van der Waals surface area contributed by atoms with Crippen LogP contribution in [-0.2, 0) is 4.74 Å². The van der Waals surface area contributed by atoms with E-state index in [4.69, 9.17) is 4.74 Å². The van der Waals surface area contributed by atoms with Crippen molar-refractivity contribution in [1.82, 2.24) is 9.88 Å². The van der Waals surface area contributed by atoms with Gasteiger partial charge >= 0.3 is 0 Å². The Hall–Kier alpha value is -1.73. The van der Waals surface area contributed by atoms with E-state index in [0.717, 1.165) is 0 Å². The summed E-state index contributed by atoms with van der Waals surface area (Å²) in [5.41, 5.74) is 0.158. The second-order valence-electron chi connectivity index (χ2n) is 4.32. The summed E-state index contributed by atoms with van der Waals surface area (Å²) in [6, 6.07) is 1.38. The molecule has 1 atom stereocenters. The van der Waals surface area contributed by atoms with Crippen LogP contribution >= 0.6 is 0 Å². The smallest absolute Gasteiger partial charge is 0.287 e. The summed E-state index contributed by atoms with van der Waals surface area (Å²) in [5.74, 6) is -0.169. The Morgan fingerprint density at radius 3 is 2.79 bits per heavy atom. The number of aromatic nitrogens is 1. The molecular formula is C12H19N3O4. The zero-order valence-electron chi connectivity index (χ0n) is 11.4. The molecule has 1 N–H and O–H groups in total. The third kappa shape index (κ3) is 4.15. The van der Waals surface area contributed by atoms with E-state index >= 15 is 0 Å². The summed E-state index contributed by atoms with van der Waals surface area (Å²) in [5, 5.41) is 10.6. The number of nitrogens with zero attached hydrogens (tertiary/aromatic N) is 2. The molecule has 0 saturated heterocycles. The van der Waals surface area contributed by atoms with Gasteiger partial charge in [0, 0.05) is 19.2 Å². The third-order valence-electron chi connectivity index (χ3n) is 2.96. The van der Waals surface area contributed by atoms with Gasteiger partial charge in [0.25, 0.3) is 5.69 Å². The van der Waals surface area contributed by atoms with Crippen molar-refractivity contribution in [2.45, 2.75) is 19.9 Å². The lowest BCUT2D eigenvalue weighted by molar-refractivity contribution is -0.384. The molecule has 0 aliphatic heterocycles. The topological polar surface area (TPSA) is 88.5 Å². The van der Waals surface area contributed by atoms with Gasteiger partial charge in [-0.1, -0.05) is 6.92 Å². The number of likely N-dealkylation sites (N-methyl/N-ethyl adjacent to an activating group) is 1. The summed E-state index contributed by atoms with van der Waals surface area (Å²) >= 11 is 0. The van der Waals surface area contributed by atoms with Gasteiger partial charge in [-0.3, -0.25) is 19.8 Å². The summed E-state index contributed by atoms with van der Waals surface area (Å²) in [4.78, 5) is 26.6. The van der Waals surface area contributed by atoms with Gasteiger partial charge in [0.05, 0.1) is 30.0 Å². The van der Waals surface area contributed by atoms with Gasteiger partial charge in [0.2, 0.25) is 0 Å². The fraction of sp³-hybridized carbons (Fsp3) is 0.583. The first-order valence-electron chi connectivity index (χ1n) is 6.08. The summed E-state index contributed by atoms with van der Waals surface area (Å²) in [6.45, 7) is 5.37. The SMILES string of the molecule is CCN(CC(=O)c1cc([N+](=O)[O-])c[nH]1)C(C)COC. The second kappa shape index (κ2) is 7.01. The highest BCUT2D eigenvalue weighted by molar-refractivity contribution is 5.96. The van der Waals surface area contributed by atoms with E-state index in [2.05, 4.69) is 4.98 Å². The van der Waals surface area contributed by atoms with Crippen LogP contribution in [0.15, 0.2) is 12.3 Å². The Balaban J connectivity index is 2.68. The van der Waals surface area contributed by atoms with Crippen molar-refractivity contribution >= 4 is 11.5 Å². The van der Waals surface area contributed by atoms with Crippen LogP contribution in [0.2, 0.25) is 0 Å². The lowest BCUT2D eigenvalue weighted by atomic mass is 10.2. The van der Waals surface area contributed by atoms with Crippen molar-refractivity contribution in [3.63, 3.8) is 0 Å². The molecule has 0 bridgehead atoms. The van der Waals surface area contributed by atoms with Crippen molar-refractivity contribution in [2.75, 3.05) is 26.8 Å². The molecule has 1 aromatic rings. The molecule has 1 rings (SSSR count). The highest BCUT2D eigenvalue weighted by Crippen LogP contribution is 2.13. The summed E-state index contributed by atoms with van der Waals surface area (Å²) < 4.78 is 5.06. The van der Waals surface area contributed by atoms with E-state index in [1.54, 1.807) is 7.11 Å². The van der Waals surface area contributed by atoms with Crippen molar-refractivity contribution in [1.29, 1.82) is 0 Å². The van der Waals surface area contributed by atoms with E-state index in [9.17, 15) is 14.9 Å². The number of nitro groups is 1. The molecule has 106 valence electrons. The Morgan fingerprint density at radius 2 is 2.32 bits per heavy atom. The number of hydrogen-bond donors (Lipinski definition) is 1. The van der Waals surface area contributed by atoms with Gasteiger partial charge in [-0.2, -0.15) is 0 Å². The number of rotatable bonds is 8. The predicted octanol–water partition coefficient (Wildman–Crippen LogP) is 1.46. The number of ketones is 1. The zero-order valence-corrected chi connectivity index (χ0v) is 11.4. The first-order chi connectivity index (χ1) is 8.99. The van der Waals surface area contributed by atoms with E-state index in [-0.39, 0.29) is 29.8 Å². The number of carbonyl (C=O) groups is 1. The molecule has 0 aromatic carbocycles. The largest absolute Gasteiger partial charge is 0.383 e. The molecule has 0 aliphatic carbocycles. The molecule has 0 spiro atoms. The van der Waals surface area contributed by atoms with E-state index in [0.29, 0.717) is 13.2 Å². The third-order valence-corrected chi connectivity index (χ3v) is 2.96. The fourth-order valence-corrected chi connectivity index (χ4v) is 1.84. The minimum atomic E-state index is -0.529. The van der Waals surface area contributed by atoms with Gasteiger partial charge in [0.15, 0.2) is 5.78 Å². The molecule has 1 aromatic heterocycles. The van der Waals surface area contributed by atoms with Crippen LogP contribution < -0.4 is 0 Å². The number of hydrogen-bond acceptors (Lipinski definition) is 5. The Bertz CT molecular complexity index is 444. The van der Waals surface area contributed by atoms with Crippen molar-refractivity contribution < 1.29 is 14.5 Å². The molecule has 0 radical (unpaired) electrons. The number of H-pyrrole nitrogens is 1. The maximum atomic E-state index is 12.0. The van der Waals surface area contributed by atoms with Gasteiger partial charge < -0.3 is 9.72 Å².